The van der Waals surface area contributed by atoms with E-state index in [1.807, 2.05) is 13.8 Å². The van der Waals surface area contributed by atoms with Crippen LogP contribution >= 0.6 is 0 Å². The number of aliphatic hydroxyl groups excluding tert-OH is 1. The van der Waals surface area contributed by atoms with E-state index in [2.05, 4.69) is 41.5 Å². The smallest absolute Gasteiger partial charge is 0.127 e. The van der Waals surface area contributed by atoms with Crippen molar-refractivity contribution in [3.05, 3.63) is 11.1 Å². The summed E-state index contributed by atoms with van der Waals surface area (Å²) in [6.45, 7) is 18.0. The number of rotatable bonds is 5. The Bertz CT molecular complexity index is 794. The van der Waals surface area contributed by atoms with Crippen LogP contribution in [0, 0.1) is 39.4 Å². The van der Waals surface area contributed by atoms with Crippen LogP contribution in [-0.2, 0) is 0 Å². The van der Waals surface area contributed by atoms with E-state index in [4.69, 9.17) is 0 Å². The van der Waals surface area contributed by atoms with E-state index in [1.165, 1.54) is 25.7 Å². The second-order valence-electron chi connectivity index (χ2n) is 14.5. The second kappa shape index (κ2) is 8.05. The van der Waals surface area contributed by atoms with Crippen molar-refractivity contribution in [1.82, 2.24) is 0 Å². The summed E-state index contributed by atoms with van der Waals surface area (Å²) in [5.41, 5.74) is 2.73. The molecule has 2 saturated carbocycles. The van der Waals surface area contributed by atoms with Gasteiger partial charge in [0.1, 0.15) is 6.17 Å². The van der Waals surface area contributed by atoms with Crippen LogP contribution in [0.15, 0.2) is 11.1 Å². The maximum Gasteiger partial charge on any atom is 0.127 e. The standard InChI is InChI=1S/C30H51FO2/c1-19(10-9-15-26(2,3)33)20-13-16-30(8)22-11-12-24-27(4,5)25(32)23(31)18-28(24,6)21(22)14-17-29(20,30)7/h19-20,23-25,32-33H,9-18H2,1-8H3/t19-,20-,23-,24?,25-,28-,29-,30+/m1/s1. The molecule has 4 rings (SSSR count). The van der Waals surface area contributed by atoms with Gasteiger partial charge in [-0.3, -0.25) is 0 Å². The molecule has 0 aromatic rings. The molecule has 0 spiro atoms. The summed E-state index contributed by atoms with van der Waals surface area (Å²) in [5.74, 6) is 1.76. The Kier molecular flexibility index (Phi) is 6.26. The first-order valence-corrected chi connectivity index (χ1v) is 13.9. The third kappa shape index (κ3) is 3.78. The van der Waals surface area contributed by atoms with Crippen molar-refractivity contribution in [3.8, 4) is 0 Å². The summed E-state index contributed by atoms with van der Waals surface area (Å²) in [6, 6.07) is 0. The molecule has 2 fully saturated rings. The number of hydrogen-bond donors (Lipinski definition) is 2. The van der Waals surface area contributed by atoms with E-state index >= 15 is 4.39 Å². The molecule has 2 N–H and O–H groups in total. The molecular formula is C30H51FO2. The highest BCUT2D eigenvalue weighted by Crippen LogP contribution is 2.72. The fourth-order valence-corrected chi connectivity index (χ4v) is 9.78. The minimum Gasteiger partial charge on any atom is -0.390 e. The van der Waals surface area contributed by atoms with E-state index in [0.717, 1.165) is 38.0 Å². The summed E-state index contributed by atoms with van der Waals surface area (Å²) < 4.78 is 15.2. The van der Waals surface area contributed by atoms with Gasteiger partial charge in [0.2, 0.25) is 0 Å². The van der Waals surface area contributed by atoms with Crippen molar-refractivity contribution in [1.29, 1.82) is 0 Å². The number of alkyl halides is 1. The predicted octanol–water partition coefficient (Wildman–Crippen LogP) is 7.62. The van der Waals surface area contributed by atoms with Crippen LogP contribution in [0.25, 0.3) is 0 Å². The third-order valence-corrected chi connectivity index (χ3v) is 11.9. The molecule has 1 unspecified atom stereocenters. The molecule has 0 heterocycles. The van der Waals surface area contributed by atoms with Gasteiger partial charge >= 0.3 is 0 Å². The van der Waals surface area contributed by atoms with Crippen LogP contribution in [0.2, 0.25) is 0 Å². The molecule has 0 amide bonds. The predicted molar refractivity (Wildman–Crippen MR) is 135 cm³/mol. The Balaban J connectivity index is 1.62. The molecule has 8 atom stereocenters. The molecule has 33 heavy (non-hydrogen) atoms. The zero-order chi connectivity index (χ0) is 24.6. The van der Waals surface area contributed by atoms with Gasteiger partial charge in [-0.25, -0.2) is 4.39 Å². The van der Waals surface area contributed by atoms with Gasteiger partial charge < -0.3 is 10.2 Å². The number of aliphatic hydroxyl groups is 2. The number of fused-ring (bicyclic) bond motifs is 4. The van der Waals surface area contributed by atoms with Crippen LogP contribution in [-0.4, -0.2) is 28.1 Å². The average Bonchev–Trinajstić information content (AvgIpc) is 2.97. The maximum absolute atomic E-state index is 15.2. The van der Waals surface area contributed by atoms with Gasteiger partial charge in [-0.15, -0.1) is 0 Å². The summed E-state index contributed by atoms with van der Waals surface area (Å²) in [4.78, 5) is 0. The van der Waals surface area contributed by atoms with Gasteiger partial charge in [0.15, 0.2) is 0 Å². The highest BCUT2D eigenvalue weighted by atomic mass is 19.1. The van der Waals surface area contributed by atoms with Crippen molar-refractivity contribution in [2.45, 2.75) is 137 Å². The normalized spacial score (nSPS) is 45.9. The Morgan fingerprint density at radius 1 is 1.03 bits per heavy atom. The molecule has 0 aromatic heterocycles. The SMILES string of the molecule is C[C@H](CCCC(C)(C)O)[C@H]1CC[C@@]2(C)C3=C(CC[C@]12C)[C@@]1(C)C[C@@H](F)[C@@H](O)C(C)(C)C1CC3. The summed E-state index contributed by atoms with van der Waals surface area (Å²) in [6.07, 6.45) is 8.79. The van der Waals surface area contributed by atoms with E-state index in [9.17, 15) is 10.2 Å². The van der Waals surface area contributed by atoms with Crippen LogP contribution in [0.5, 0.6) is 0 Å². The van der Waals surface area contributed by atoms with E-state index < -0.39 is 17.9 Å². The second-order valence-corrected chi connectivity index (χ2v) is 14.5. The van der Waals surface area contributed by atoms with Crippen molar-refractivity contribution in [2.24, 2.45) is 39.4 Å². The Labute approximate surface area is 202 Å². The highest BCUT2D eigenvalue weighted by molar-refractivity contribution is 5.39. The lowest BCUT2D eigenvalue weighted by Gasteiger charge is -2.62. The van der Waals surface area contributed by atoms with Gasteiger partial charge in [0, 0.05) is 0 Å². The third-order valence-electron chi connectivity index (χ3n) is 11.9. The van der Waals surface area contributed by atoms with E-state index in [1.54, 1.807) is 11.1 Å². The number of hydrogen-bond acceptors (Lipinski definition) is 2. The van der Waals surface area contributed by atoms with Crippen LogP contribution in [0.4, 0.5) is 4.39 Å². The molecule has 4 aliphatic carbocycles. The van der Waals surface area contributed by atoms with Crippen LogP contribution in [0.1, 0.15) is 120 Å². The Morgan fingerprint density at radius 2 is 1.70 bits per heavy atom. The summed E-state index contributed by atoms with van der Waals surface area (Å²) >= 11 is 0. The van der Waals surface area contributed by atoms with Crippen molar-refractivity contribution in [2.75, 3.05) is 0 Å². The van der Waals surface area contributed by atoms with Crippen molar-refractivity contribution in [3.63, 3.8) is 0 Å². The molecule has 0 aliphatic heterocycles. The first kappa shape index (κ1) is 25.7. The molecule has 3 heteroatoms. The topological polar surface area (TPSA) is 40.5 Å². The Morgan fingerprint density at radius 3 is 2.33 bits per heavy atom. The molecule has 2 nitrogen and oxygen atoms in total. The number of allylic oxidation sites excluding steroid dienone is 2. The van der Waals surface area contributed by atoms with Gasteiger partial charge in [-0.1, -0.05) is 65.5 Å². The largest absolute Gasteiger partial charge is 0.390 e. The average molecular weight is 463 g/mol. The molecule has 0 saturated heterocycles. The Hall–Kier alpha value is -0.410. The lowest BCUT2D eigenvalue weighted by Crippen LogP contribution is -2.58. The first-order valence-electron chi connectivity index (χ1n) is 13.9. The zero-order valence-corrected chi connectivity index (χ0v) is 22.7. The highest BCUT2D eigenvalue weighted by Gasteiger charge is 2.64. The minimum absolute atomic E-state index is 0.115. The van der Waals surface area contributed by atoms with E-state index in [0.29, 0.717) is 23.7 Å². The summed E-state index contributed by atoms with van der Waals surface area (Å²) in [7, 11) is 0. The molecule has 0 radical (unpaired) electrons. The maximum atomic E-state index is 15.2. The molecule has 4 aliphatic rings. The van der Waals surface area contributed by atoms with Crippen molar-refractivity contribution < 1.29 is 14.6 Å². The van der Waals surface area contributed by atoms with E-state index in [-0.39, 0.29) is 16.2 Å². The molecule has 190 valence electrons. The quantitative estimate of drug-likeness (QED) is 0.412. The van der Waals surface area contributed by atoms with Gasteiger partial charge in [0.05, 0.1) is 11.7 Å². The lowest BCUT2D eigenvalue weighted by molar-refractivity contribution is -0.135. The van der Waals surface area contributed by atoms with Gasteiger partial charge in [-0.2, -0.15) is 0 Å². The fraction of sp³-hybridized carbons (Fsp3) is 0.933. The monoisotopic (exact) mass is 462 g/mol. The van der Waals surface area contributed by atoms with Gasteiger partial charge in [0.25, 0.3) is 0 Å². The zero-order valence-electron chi connectivity index (χ0n) is 22.7. The molecule has 0 bridgehead atoms. The minimum atomic E-state index is -1.12. The molecule has 0 aromatic carbocycles. The van der Waals surface area contributed by atoms with Crippen molar-refractivity contribution >= 4 is 0 Å². The van der Waals surface area contributed by atoms with Crippen LogP contribution in [0.3, 0.4) is 0 Å². The molecular weight excluding hydrogens is 411 g/mol. The first-order chi connectivity index (χ1) is 15.1. The van der Waals surface area contributed by atoms with Gasteiger partial charge in [-0.05, 0) is 105 Å². The fourth-order valence-electron chi connectivity index (χ4n) is 9.78. The summed E-state index contributed by atoms with van der Waals surface area (Å²) in [5, 5.41) is 20.9. The lowest BCUT2D eigenvalue weighted by atomic mass is 9.43. The number of halogens is 1. The van der Waals surface area contributed by atoms with Crippen LogP contribution < -0.4 is 0 Å².